The van der Waals surface area contributed by atoms with Crippen LogP contribution in [0.15, 0.2) is 18.2 Å². The van der Waals surface area contributed by atoms with E-state index in [0.29, 0.717) is 0 Å². The quantitative estimate of drug-likeness (QED) is 0.494. The molecule has 0 fully saturated rings. The summed E-state index contributed by atoms with van der Waals surface area (Å²) >= 11 is 2.32. The van der Waals surface area contributed by atoms with Gasteiger partial charge < -0.3 is 5.32 Å². The largest absolute Gasteiger partial charge is 0.326 e. The van der Waals surface area contributed by atoms with Crippen LogP contribution in [-0.4, -0.2) is 17.0 Å². The Morgan fingerprint density at radius 1 is 1.62 bits per heavy atom. The number of fused-ring (bicyclic) bond motifs is 1. The number of rotatable bonds is 2. The van der Waals surface area contributed by atoms with Gasteiger partial charge in [-0.15, -0.1) is 0 Å². The van der Waals surface area contributed by atoms with E-state index in [0.717, 1.165) is 28.9 Å². The average molecular weight is 331 g/mol. The number of carbonyl (C=O) groups is 1. The van der Waals surface area contributed by atoms with Crippen LogP contribution in [0.3, 0.4) is 0 Å². The molecule has 86 valence electrons. The lowest BCUT2D eigenvalue weighted by Gasteiger charge is -2.30. The number of carbonyl (C=O) groups excluding carboxylic acids is 1. The van der Waals surface area contributed by atoms with E-state index in [1.165, 1.54) is 12.5 Å². The van der Waals surface area contributed by atoms with E-state index < -0.39 is 0 Å². The highest BCUT2D eigenvalue weighted by atomic mass is 127. The van der Waals surface area contributed by atoms with Gasteiger partial charge in [-0.3, -0.25) is 9.80 Å². The Morgan fingerprint density at radius 3 is 3.12 bits per heavy atom. The molecule has 2 N–H and O–H groups in total. The first-order chi connectivity index (χ1) is 7.70. The summed E-state index contributed by atoms with van der Waals surface area (Å²) in [5.41, 5.74) is 6.65. The highest BCUT2D eigenvalue weighted by Crippen LogP contribution is 2.27. The van der Waals surface area contributed by atoms with E-state index in [4.69, 9.17) is 0 Å². The Bertz CT molecular complexity index is 408. The molecule has 1 amide bonds. The molecule has 0 radical (unpaired) electrons. The number of halogens is 1. The minimum atomic E-state index is -0.0373. The van der Waals surface area contributed by atoms with Gasteiger partial charge in [0.15, 0.2) is 0 Å². The molecule has 0 spiro atoms. The molecule has 1 heterocycles. The van der Waals surface area contributed by atoms with Crippen LogP contribution < -0.4 is 15.8 Å². The molecule has 0 aromatic heterocycles. The smallest absolute Gasteiger partial charge is 0.221 e. The van der Waals surface area contributed by atoms with Gasteiger partial charge in [0, 0.05) is 19.2 Å². The minimum absolute atomic E-state index is 0.0373. The van der Waals surface area contributed by atoms with E-state index >= 15 is 0 Å². The molecule has 1 aromatic rings. The third kappa shape index (κ3) is 2.46. The first-order valence-electron chi connectivity index (χ1n) is 5.18. The van der Waals surface area contributed by atoms with Crippen LogP contribution >= 0.6 is 22.6 Å². The molecule has 1 aliphatic rings. The lowest BCUT2D eigenvalue weighted by atomic mass is 10.1. The van der Waals surface area contributed by atoms with Gasteiger partial charge in [0.1, 0.15) is 0 Å². The molecule has 4 nitrogen and oxygen atoms in total. The zero-order valence-electron chi connectivity index (χ0n) is 9.09. The Labute approximate surface area is 109 Å². The molecule has 16 heavy (non-hydrogen) atoms. The number of alkyl halides is 1. The number of hydrogen-bond donors (Lipinski definition) is 2. The van der Waals surface area contributed by atoms with Crippen molar-refractivity contribution in [3.8, 4) is 0 Å². The number of amides is 1. The van der Waals surface area contributed by atoms with Crippen molar-refractivity contribution in [3.05, 3.63) is 23.8 Å². The third-order valence-corrected chi connectivity index (χ3v) is 3.20. The van der Waals surface area contributed by atoms with Crippen LogP contribution in [0.1, 0.15) is 12.5 Å². The molecule has 0 saturated heterocycles. The lowest BCUT2D eigenvalue weighted by molar-refractivity contribution is -0.114. The zero-order valence-corrected chi connectivity index (χ0v) is 11.2. The van der Waals surface area contributed by atoms with Crippen molar-refractivity contribution in [3.63, 3.8) is 0 Å². The van der Waals surface area contributed by atoms with Crippen LogP contribution in [0, 0.1) is 0 Å². The summed E-state index contributed by atoms with van der Waals surface area (Å²) in [7, 11) is 0. The summed E-state index contributed by atoms with van der Waals surface area (Å²) in [4.78, 5) is 11.0. The zero-order chi connectivity index (χ0) is 11.5. The topological polar surface area (TPSA) is 44.4 Å². The molecule has 1 aromatic carbocycles. The van der Waals surface area contributed by atoms with Crippen molar-refractivity contribution < 1.29 is 4.79 Å². The highest BCUT2D eigenvalue weighted by Gasteiger charge is 2.15. The second-order valence-electron chi connectivity index (χ2n) is 3.73. The second-order valence-corrected chi connectivity index (χ2v) is 4.41. The Kier molecular flexibility index (Phi) is 3.65. The SMILES string of the molecule is CC(=O)Nc1ccc2c(c1)N(CI)NCC2. The highest BCUT2D eigenvalue weighted by molar-refractivity contribution is 14.1. The van der Waals surface area contributed by atoms with Crippen molar-refractivity contribution in [1.82, 2.24) is 5.43 Å². The second kappa shape index (κ2) is 5.01. The van der Waals surface area contributed by atoms with Crippen molar-refractivity contribution in [2.75, 3.05) is 21.4 Å². The van der Waals surface area contributed by atoms with Crippen LogP contribution in [0.5, 0.6) is 0 Å². The number of nitrogens with zero attached hydrogens (tertiary/aromatic N) is 1. The molecule has 0 bridgehead atoms. The molecule has 1 aliphatic heterocycles. The number of hydrazine groups is 1. The molecular weight excluding hydrogens is 317 g/mol. The maximum absolute atomic E-state index is 11.0. The Morgan fingerprint density at radius 2 is 2.44 bits per heavy atom. The van der Waals surface area contributed by atoms with Crippen LogP contribution in [0.25, 0.3) is 0 Å². The fourth-order valence-electron chi connectivity index (χ4n) is 1.82. The minimum Gasteiger partial charge on any atom is -0.326 e. The normalized spacial score (nSPS) is 14.5. The van der Waals surface area contributed by atoms with Gasteiger partial charge in [-0.05, 0) is 24.1 Å². The van der Waals surface area contributed by atoms with Crippen molar-refractivity contribution in [2.24, 2.45) is 0 Å². The summed E-state index contributed by atoms with van der Waals surface area (Å²) < 4.78 is 0.883. The molecular formula is C11H14IN3O. The van der Waals surface area contributed by atoms with E-state index in [9.17, 15) is 4.79 Å². The first-order valence-corrected chi connectivity index (χ1v) is 6.71. The van der Waals surface area contributed by atoms with Gasteiger partial charge in [0.25, 0.3) is 0 Å². The number of anilines is 2. The maximum Gasteiger partial charge on any atom is 0.221 e. The van der Waals surface area contributed by atoms with Crippen LogP contribution in [0.2, 0.25) is 0 Å². The van der Waals surface area contributed by atoms with Crippen LogP contribution in [0.4, 0.5) is 11.4 Å². The predicted octanol–water partition coefficient (Wildman–Crippen LogP) is 1.90. The summed E-state index contributed by atoms with van der Waals surface area (Å²) in [5, 5.41) is 4.91. The standard InChI is InChI=1S/C11H14IN3O/c1-8(16)14-10-3-2-9-4-5-13-15(7-12)11(9)6-10/h2-3,6,13H,4-5,7H2,1H3,(H,14,16). The predicted molar refractivity (Wildman–Crippen MR) is 73.8 cm³/mol. The monoisotopic (exact) mass is 331 g/mol. The van der Waals surface area contributed by atoms with Gasteiger partial charge in [0.2, 0.25) is 5.91 Å². The molecule has 0 saturated carbocycles. The molecule has 5 heteroatoms. The third-order valence-electron chi connectivity index (χ3n) is 2.51. The Balaban J connectivity index is 2.31. The van der Waals surface area contributed by atoms with Gasteiger partial charge in [-0.1, -0.05) is 28.7 Å². The summed E-state index contributed by atoms with van der Waals surface area (Å²) in [6.45, 7) is 2.49. The number of nitrogens with one attached hydrogen (secondary N) is 2. The fraction of sp³-hybridized carbons (Fsp3) is 0.364. The lowest BCUT2D eigenvalue weighted by Crippen LogP contribution is -2.42. The van der Waals surface area contributed by atoms with Crippen molar-refractivity contribution in [1.29, 1.82) is 0 Å². The van der Waals surface area contributed by atoms with Gasteiger partial charge in [-0.2, -0.15) is 0 Å². The summed E-state index contributed by atoms with van der Waals surface area (Å²) in [6, 6.07) is 6.05. The fourth-order valence-corrected chi connectivity index (χ4v) is 2.43. The molecule has 0 atom stereocenters. The van der Waals surface area contributed by atoms with Gasteiger partial charge >= 0.3 is 0 Å². The van der Waals surface area contributed by atoms with Crippen molar-refractivity contribution >= 4 is 39.9 Å². The molecule has 0 aliphatic carbocycles. The molecule has 2 rings (SSSR count). The number of benzene rings is 1. The first kappa shape index (κ1) is 11.7. The van der Waals surface area contributed by atoms with Crippen LogP contribution in [-0.2, 0) is 11.2 Å². The number of hydrogen-bond acceptors (Lipinski definition) is 3. The molecule has 0 unspecified atom stereocenters. The van der Waals surface area contributed by atoms with E-state index in [2.05, 4.69) is 44.4 Å². The van der Waals surface area contributed by atoms with E-state index in [1.807, 2.05) is 12.1 Å². The maximum atomic E-state index is 11.0. The van der Waals surface area contributed by atoms with E-state index in [-0.39, 0.29) is 5.91 Å². The summed E-state index contributed by atoms with van der Waals surface area (Å²) in [5.74, 6) is -0.0373. The van der Waals surface area contributed by atoms with Crippen molar-refractivity contribution in [2.45, 2.75) is 13.3 Å². The Hall–Kier alpha value is -0.820. The summed E-state index contributed by atoms with van der Waals surface area (Å²) in [6.07, 6.45) is 1.03. The van der Waals surface area contributed by atoms with Gasteiger partial charge in [0.05, 0.1) is 10.2 Å². The van der Waals surface area contributed by atoms with Gasteiger partial charge in [-0.25, -0.2) is 5.43 Å². The average Bonchev–Trinajstić information content (AvgIpc) is 2.27. The van der Waals surface area contributed by atoms with E-state index in [1.54, 1.807) is 0 Å².